The van der Waals surface area contributed by atoms with Crippen molar-refractivity contribution >= 4 is 5.97 Å². The molecule has 3 fully saturated rings. The van der Waals surface area contributed by atoms with Gasteiger partial charge < -0.3 is 19.3 Å². The van der Waals surface area contributed by atoms with Crippen LogP contribution in [0.15, 0.2) is 48.5 Å². The maximum atomic E-state index is 10.7. The third-order valence-corrected chi connectivity index (χ3v) is 7.87. The summed E-state index contributed by atoms with van der Waals surface area (Å²) in [6.07, 6.45) is 8.07. The Kier molecular flexibility index (Phi) is 8.25. The van der Waals surface area contributed by atoms with Crippen LogP contribution in [0.2, 0.25) is 0 Å². The Morgan fingerprint density at radius 3 is 2.36 bits per heavy atom. The number of carboxylic acid groups (broad SMARTS) is 1. The van der Waals surface area contributed by atoms with Gasteiger partial charge >= 0.3 is 5.97 Å². The van der Waals surface area contributed by atoms with Gasteiger partial charge in [-0.1, -0.05) is 36.4 Å². The number of likely N-dealkylation sites (tertiary alicyclic amines) is 1. The first kappa shape index (κ1) is 25.2. The zero-order chi connectivity index (χ0) is 24.8. The van der Waals surface area contributed by atoms with Gasteiger partial charge in [0.15, 0.2) is 0 Å². The van der Waals surface area contributed by atoms with E-state index in [0.717, 1.165) is 81.3 Å². The first-order valence-corrected chi connectivity index (χ1v) is 13.5. The van der Waals surface area contributed by atoms with E-state index in [1.807, 2.05) is 24.3 Å². The molecule has 0 radical (unpaired) electrons. The van der Waals surface area contributed by atoms with E-state index in [1.165, 1.54) is 18.4 Å². The van der Waals surface area contributed by atoms with Crippen molar-refractivity contribution in [1.29, 1.82) is 0 Å². The number of hydrogen-bond donors (Lipinski definition) is 1. The molecule has 0 amide bonds. The molecule has 0 aromatic heterocycles. The van der Waals surface area contributed by atoms with E-state index in [9.17, 15) is 4.79 Å². The molecule has 2 aromatic carbocycles. The summed E-state index contributed by atoms with van der Waals surface area (Å²) < 4.78 is 18.5. The predicted octanol–water partition coefficient (Wildman–Crippen LogP) is 5.22. The van der Waals surface area contributed by atoms with Gasteiger partial charge in [0, 0.05) is 45.7 Å². The lowest BCUT2D eigenvalue weighted by Gasteiger charge is -2.46. The topological polar surface area (TPSA) is 68.2 Å². The Morgan fingerprint density at radius 2 is 1.67 bits per heavy atom. The van der Waals surface area contributed by atoms with E-state index >= 15 is 0 Å². The van der Waals surface area contributed by atoms with E-state index in [4.69, 9.17) is 19.3 Å². The summed E-state index contributed by atoms with van der Waals surface area (Å²) in [5.74, 6) is 0.848. The molecule has 1 unspecified atom stereocenters. The Morgan fingerprint density at radius 1 is 0.972 bits per heavy atom. The van der Waals surface area contributed by atoms with E-state index in [1.54, 1.807) is 0 Å². The maximum Gasteiger partial charge on any atom is 0.303 e. The summed E-state index contributed by atoms with van der Waals surface area (Å²) in [6.45, 7) is 5.42. The standard InChI is InChI=1S/C30H39NO5/c32-29(33)12-9-23-7-10-27(11-8-23)34-21-25-3-1-24(2-4-25)20-31-16-14-30(15-17-31)19-28(13-18-36-30)35-22-26-5-6-26/h1-4,7-8,10-11,26,28H,5-6,9,12-22H2,(H,32,33). The number of rotatable bonds is 11. The normalized spacial score (nSPS) is 21.9. The maximum absolute atomic E-state index is 10.7. The van der Waals surface area contributed by atoms with Crippen LogP contribution >= 0.6 is 0 Å². The Bertz CT molecular complexity index is 977. The van der Waals surface area contributed by atoms with Crippen molar-refractivity contribution in [1.82, 2.24) is 4.90 Å². The van der Waals surface area contributed by atoms with Crippen molar-refractivity contribution in [3.8, 4) is 5.75 Å². The smallest absolute Gasteiger partial charge is 0.303 e. The highest BCUT2D eigenvalue weighted by atomic mass is 16.5. The zero-order valence-corrected chi connectivity index (χ0v) is 21.2. The fraction of sp³-hybridized carbons (Fsp3) is 0.567. The van der Waals surface area contributed by atoms with Crippen LogP contribution in [0.5, 0.6) is 5.75 Å². The van der Waals surface area contributed by atoms with Crippen molar-refractivity contribution in [2.45, 2.75) is 76.2 Å². The molecule has 194 valence electrons. The van der Waals surface area contributed by atoms with Crippen LogP contribution in [0.4, 0.5) is 0 Å². The fourth-order valence-electron chi connectivity index (χ4n) is 5.32. The molecule has 3 aliphatic rings. The first-order valence-electron chi connectivity index (χ1n) is 13.5. The molecular weight excluding hydrogens is 454 g/mol. The van der Waals surface area contributed by atoms with Gasteiger partial charge in [-0.2, -0.15) is 0 Å². The molecule has 36 heavy (non-hydrogen) atoms. The fourth-order valence-corrected chi connectivity index (χ4v) is 5.32. The lowest BCUT2D eigenvalue weighted by atomic mass is 9.83. The van der Waals surface area contributed by atoms with Crippen LogP contribution in [0.25, 0.3) is 0 Å². The van der Waals surface area contributed by atoms with E-state index in [0.29, 0.717) is 19.1 Å². The highest BCUT2D eigenvalue weighted by Gasteiger charge is 2.41. The molecule has 6 heteroatoms. The quantitative estimate of drug-likeness (QED) is 0.463. The monoisotopic (exact) mass is 493 g/mol. The van der Waals surface area contributed by atoms with Gasteiger partial charge in [-0.05, 0) is 73.3 Å². The first-order chi connectivity index (χ1) is 17.6. The Hall–Kier alpha value is -2.41. The molecular formula is C30H39NO5. The molecule has 1 spiro atoms. The minimum Gasteiger partial charge on any atom is -0.489 e. The number of nitrogens with zero attached hydrogens (tertiary/aromatic N) is 1. The van der Waals surface area contributed by atoms with Crippen LogP contribution in [-0.2, 0) is 33.8 Å². The highest BCUT2D eigenvalue weighted by Crippen LogP contribution is 2.37. The number of carboxylic acids is 1. The molecule has 1 aliphatic carbocycles. The minimum absolute atomic E-state index is 0.0264. The van der Waals surface area contributed by atoms with Gasteiger partial charge in [0.25, 0.3) is 0 Å². The van der Waals surface area contributed by atoms with Crippen LogP contribution in [0, 0.1) is 5.92 Å². The summed E-state index contributed by atoms with van der Waals surface area (Å²) in [7, 11) is 0. The lowest BCUT2D eigenvalue weighted by molar-refractivity contribution is -0.156. The second kappa shape index (κ2) is 11.8. The zero-order valence-electron chi connectivity index (χ0n) is 21.2. The summed E-state index contributed by atoms with van der Waals surface area (Å²) in [5.41, 5.74) is 3.50. The van der Waals surface area contributed by atoms with Crippen molar-refractivity contribution in [3.05, 3.63) is 65.2 Å². The van der Waals surface area contributed by atoms with Crippen molar-refractivity contribution in [3.63, 3.8) is 0 Å². The Balaban J connectivity index is 1.04. The molecule has 5 rings (SSSR count). The molecule has 2 aliphatic heterocycles. The lowest BCUT2D eigenvalue weighted by Crippen LogP contribution is -2.50. The highest BCUT2D eigenvalue weighted by molar-refractivity contribution is 5.67. The second-order valence-electron chi connectivity index (χ2n) is 10.8. The third-order valence-electron chi connectivity index (χ3n) is 7.87. The summed E-state index contributed by atoms with van der Waals surface area (Å²) in [5, 5.41) is 8.81. The second-order valence-corrected chi connectivity index (χ2v) is 10.8. The van der Waals surface area contributed by atoms with E-state index in [-0.39, 0.29) is 12.0 Å². The van der Waals surface area contributed by atoms with Crippen molar-refractivity contribution in [2.24, 2.45) is 5.92 Å². The van der Waals surface area contributed by atoms with Gasteiger partial charge in [0.2, 0.25) is 0 Å². The largest absolute Gasteiger partial charge is 0.489 e. The summed E-state index contributed by atoms with van der Waals surface area (Å²) in [6, 6.07) is 16.4. The molecule has 1 atom stereocenters. The minimum atomic E-state index is -0.774. The molecule has 6 nitrogen and oxygen atoms in total. The third kappa shape index (κ3) is 7.31. The number of aryl methyl sites for hydroxylation is 1. The van der Waals surface area contributed by atoms with Crippen LogP contribution < -0.4 is 4.74 Å². The predicted molar refractivity (Wildman–Crippen MR) is 138 cm³/mol. The van der Waals surface area contributed by atoms with Crippen molar-refractivity contribution in [2.75, 3.05) is 26.3 Å². The summed E-state index contributed by atoms with van der Waals surface area (Å²) >= 11 is 0. The number of carbonyl (C=O) groups is 1. The van der Waals surface area contributed by atoms with Crippen LogP contribution in [0.1, 0.15) is 61.6 Å². The van der Waals surface area contributed by atoms with Gasteiger partial charge in [0.1, 0.15) is 12.4 Å². The summed E-state index contributed by atoms with van der Waals surface area (Å²) in [4.78, 5) is 13.3. The van der Waals surface area contributed by atoms with Gasteiger partial charge in [-0.25, -0.2) is 0 Å². The Labute approximate surface area is 214 Å². The number of benzene rings is 2. The number of hydrogen-bond acceptors (Lipinski definition) is 5. The molecule has 0 bridgehead atoms. The SMILES string of the molecule is O=C(O)CCc1ccc(OCc2ccc(CN3CCC4(CC3)CC(OCC3CC3)CCO4)cc2)cc1. The van der Waals surface area contributed by atoms with E-state index < -0.39 is 5.97 Å². The molecule has 2 saturated heterocycles. The molecule has 2 heterocycles. The van der Waals surface area contributed by atoms with Crippen LogP contribution in [0.3, 0.4) is 0 Å². The van der Waals surface area contributed by atoms with E-state index in [2.05, 4.69) is 29.2 Å². The average Bonchev–Trinajstić information content (AvgIpc) is 3.73. The molecule has 1 saturated carbocycles. The molecule has 2 aromatic rings. The number of aliphatic carboxylic acids is 1. The number of piperidine rings is 1. The molecule has 1 N–H and O–H groups in total. The van der Waals surface area contributed by atoms with Gasteiger partial charge in [-0.15, -0.1) is 0 Å². The van der Waals surface area contributed by atoms with Gasteiger partial charge in [0.05, 0.1) is 11.7 Å². The average molecular weight is 494 g/mol. The van der Waals surface area contributed by atoms with Crippen molar-refractivity contribution < 1.29 is 24.1 Å². The number of ether oxygens (including phenoxy) is 3. The van der Waals surface area contributed by atoms with Gasteiger partial charge in [-0.3, -0.25) is 9.69 Å². The van der Waals surface area contributed by atoms with Crippen LogP contribution in [-0.4, -0.2) is 54.0 Å².